The van der Waals surface area contributed by atoms with Gasteiger partial charge in [0.15, 0.2) is 0 Å². The highest BCUT2D eigenvalue weighted by Gasteiger charge is 2.34. The Kier molecular flexibility index (Phi) is 5.38. The van der Waals surface area contributed by atoms with Crippen molar-refractivity contribution in [2.75, 3.05) is 4.31 Å². The van der Waals surface area contributed by atoms with Gasteiger partial charge in [-0.15, -0.1) is 0 Å². The second kappa shape index (κ2) is 8.60. The number of furan rings is 1. The molecule has 0 aliphatic heterocycles. The van der Waals surface area contributed by atoms with Crippen molar-refractivity contribution in [2.24, 2.45) is 0 Å². The number of amides is 1. The Morgan fingerprint density at radius 1 is 0.944 bits per heavy atom. The molecule has 6 nitrogen and oxygen atoms in total. The van der Waals surface area contributed by atoms with Crippen molar-refractivity contribution in [3.05, 3.63) is 101 Å². The van der Waals surface area contributed by atoms with E-state index in [-0.39, 0.29) is 16.1 Å². The fourth-order valence-electron chi connectivity index (χ4n) is 4.94. The predicted molar refractivity (Wildman–Crippen MR) is 140 cm³/mol. The number of aromatic nitrogens is 1. The first kappa shape index (κ1) is 22.5. The number of hydrogen-bond acceptors (Lipinski definition) is 5. The first-order valence-electron chi connectivity index (χ1n) is 12.0. The number of carbonyl (C=O) groups excluding carboxylic acids is 1. The van der Waals surface area contributed by atoms with Crippen molar-refractivity contribution in [3.63, 3.8) is 0 Å². The van der Waals surface area contributed by atoms with Gasteiger partial charge in [-0.2, -0.15) is 4.31 Å². The first-order valence-corrected chi connectivity index (χ1v) is 13.4. The number of carbonyl (C=O) groups is 1. The molecule has 0 saturated heterocycles. The van der Waals surface area contributed by atoms with Crippen LogP contribution in [0.25, 0.3) is 21.9 Å². The zero-order chi connectivity index (χ0) is 24.9. The van der Waals surface area contributed by atoms with E-state index in [1.54, 1.807) is 72.9 Å². The summed E-state index contributed by atoms with van der Waals surface area (Å²) in [6.45, 7) is 1.92. The SMILES string of the molecule is Cc1ccc(C(=O)N(c2ccc3oc4c(c3c2)CCCC4)S(=O)(=O)c2cccc3cccnc23)cc1. The Bertz CT molecular complexity index is 1730. The zero-order valence-corrected chi connectivity index (χ0v) is 20.6. The Balaban J connectivity index is 1.57. The van der Waals surface area contributed by atoms with E-state index in [4.69, 9.17) is 4.42 Å². The van der Waals surface area contributed by atoms with Crippen molar-refractivity contribution in [1.29, 1.82) is 0 Å². The van der Waals surface area contributed by atoms with Gasteiger partial charge in [0.2, 0.25) is 0 Å². The van der Waals surface area contributed by atoms with Crippen LogP contribution in [0.1, 0.15) is 40.1 Å². The number of pyridine rings is 1. The molecule has 2 aromatic heterocycles. The molecule has 6 rings (SSSR count). The number of para-hydroxylation sites is 1. The van der Waals surface area contributed by atoms with Gasteiger partial charge in [-0.25, -0.2) is 8.42 Å². The van der Waals surface area contributed by atoms with Crippen molar-refractivity contribution in [1.82, 2.24) is 4.98 Å². The third-order valence-electron chi connectivity index (χ3n) is 6.77. The normalized spacial score (nSPS) is 13.6. The zero-order valence-electron chi connectivity index (χ0n) is 19.8. The standard InChI is InChI=1S/C29H24N2O4S/c1-19-11-13-21(14-12-19)29(32)31(36(33,34)27-10-4-6-20-7-5-17-30-28(20)27)22-15-16-26-24(18-22)23-8-2-3-9-25(23)35-26/h4-7,10-18H,2-3,8-9H2,1H3. The molecule has 1 amide bonds. The molecule has 0 radical (unpaired) electrons. The number of benzene rings is 3. The molecule has 0 saturated carbocycles. The van der Waals surface area contributed by atoms with E-state index in [1.165, 1.54) is 6.07 Å². The van der Waals surface area contributed by atoms with Gasteiger partial charge in [-0.1, -0.05) is 35.9 Å². The number of aryl methyl sites for hydroxylation is 3. The number of fused-ring (bicyclic) bond motifs is 4. The van der Waals surface area contributed by atoms with Gasteiger partial charge < -0.3 is 4.42 Å². The lowest BCUT2D eigenvalue weighted by atomic mass is 9.96. The van der Waals surface area contributed by atoms with Crippen LogP contribution in [0.4, 0.5) is 5.69 Å². The maximum atomic E-state index is 14.2. The molecular formula is C29H24N2O4S. The summed E-state index contributed by atoms with van der Waals surface area (Å²) < 4.78 is 35.4. The number of hydrogen-bond donors (Lipinski definition) is 0. The van der Waals surface area contributed by atoms with Crippen LogP contribution in [-0.2, 0) is 22.9 Å². The van der Waals surface area contributed by atoms with Crippen LogP contribution in [0.2, 0.25) is 0 Å². The third kappa shape index (κ3) is 3.67. The van der Waals surface area contributed by atoms with Crippen LogP contribution in [0.5, 0.6) is 0 Å². The molecule has 5 aromatic rings. The highest BCUT2D eigenvalue weighted by atomic mass is 32.2. The lowest BCUT2D eigenvalue weighted by molar-refractivity contribution is 0.101. The van der Waals surface area contributed by atoms with Gasteiger partial charge in [-0.05, 0) is 68.7 Å². The highest BCUT2D eigenvalue weighted by Crippen LogP contribution is 2.36. The van der Waals surface area contributed by atoms with Gasteiger partial charge in [0.25, 0.3) is 15.9 Å². The van der Waals surface area contributed by atoms with Gasteiger partial charge in [-0.3, -0.25) is 9.78 Å². The smallest absolute Gasteiger partial charge is 0.273 e. The summed E-state index contributed by atoms with van der Waals surface area (Å²) in [6.07, 6.45) is 5.42. The molecule has 180 valence electrons. The van der Waals surface area contributed by atoms with E-state index >= 15 is 0 Å². The number of nitrogens with zero attached hydrogens (tertiary/aromatic N) is 2. The van der Waals surface area contributed by atoms with E-state index in [2.05, 4.69) is 4.98 Å². The average molecular weight is 497 g/mol. The largest absolute Gasteiger partial charge is 0.461 e. The van der Waals surface area contributed by atoms with Gasteiger partial charge >= 0.3 is 0 Å². The summed E-state index contributed by atoms with van der Waals surface area (Å²) >= 11 is 0. The molecule has 0 fully saturated rings. The first-order chi connectivity index (χ1) is 17.4. The molecule has 0 atom stereocenters. The van der Waals surface area contributed by atoms with Crippen LogP contribution >= 0.6 is 0 Å². The number of anilines is 1. The van der Waals surface area contributed by atoms with E-state index in [9.17, 15) is 13.2 Å². The van der Waals surface area contributed by atoms with E-state index in [0.717, 1.165) is 52.3 Å². The molecule has 1 aliphatic rings. The van der Waals surface area contributed by atoms with Gasteiger partial charge in [0, 0.05) is 34.5 Å². The fourth-order valence-corrected chi connectivity index (χ4v) is 6.52. The Labute approximate surface area is 209 Å². The van der Waals surface area contributed by atoms with Crippen LogP contribution in [0, 0.1) is 6.92 Å². The lowest BCUT2D eigenvalue weighted by Crippen LogP contribution is -2.37. The maximum absolute atomic E-state index is 14.2. The minimum atomic E-state index is -4.32. The Hall–Kier alpha value is -3.97. The molecule has 2 heterocycles. The molecule has 0 N–H and O–H groups in total. The third-order valence-corrected chi connectivity index (χ3v) is 8.51. The molecule has 0 bridgehead atoms. The Morgan fingerprint density at radius 3 is 2.56 bits per heavy atom. The van der Waals surface area contributed by atoms with Crippen LogP contribution < -0.4 is 4.31 Å². The second-order valence-electron chi connectivity index (χ2n) is 9.16. The monoisotopic (exact) mass is 496 g/mol. The summed E-state index contributed by atoms with van der Waals surface area (Å²) in [5.74, 6) is 0.325. The summed E-state index contributed by atoms with van der Waals surface area (Å²) in [6, 6.07) is 20.6. The predicted octanol–water partition coefficient (Wildman–Crippen LogP) is 6.20. The quantitative estimate of drug-likeness (QED) is 0.296. The minimum absolute atomic E-state index is 0.0182. The molecule has 3 aromatic carbocycles. The number of rotatable bonds is 4. The van der Waals surface area contributed by atoms with Crippen molar-refractivity contribution < 1.29 is 17.6 Å². The maximum Gasteiger partial charge on any atom is 0.273 e. The molecular weight excluding hydrogens is 472 g/mol. The van der Waals surface area contributed by atoms with Gasteiger partial charge in [0.05, 0.1) is 11.2 Å². The topological polar surface area (TPSA) is 80.5 Å². The van der Waals surface area contributed by atoms with E-state index in [1.807, 2.05) is 6.92 Å². The van der Waals surface area contributed by atoms with E-state index < -0.39 is 15.9 Å². The summed E-state index contributed by atoms with van der Waals surface area (Å²) in [4.78, 5) is 18.2. The highest BCUT2D eigenvalue weighted by molar-refractivity contribution is 7.93. The number of sulfonamides is 1. The van der Waals surface area contributed by atoms with Gasteiger partial charge in [0.1, 0.15) is 16.2 Å². The summed E-state index contributed by atoms with van der Waals surface area (Å²) in [5.41, 5.74) is 3.67. The van der Waals surface area contributed by atoms with Crippen molar-refractivity contribution in [3.8, 4) is 0 Å². The fraction of sp³-hybridized carbons (Fsp3) is 0.172. The molecule has 0 spiro atoms. The van der Waals surface area contributed by atoms with Crippen LogP contribution in [0.15, 0.2) is 88.3 Å². The molecule has 0 unspecified atom stereocenters. The summed E-state index contributed by atoms with van der Waals surface area (Å²) in [5, 5.41) is 1.54. The minimum Gasteiger partial charge on any atom is -0.461 e. The Morgan fingerprint density at radius 2 is 1.72 bits per heavy atom. The second-order valence-corrected chi connectivity index (χ2v) is 10.9. The molecule has 7 heteroatoms. The average Bonchev–Trinajstić information content (AvgIpc) is 3.27. The molecule has 1 aliphatic carbocycles. The van der Waals surface area contributed by atoms with E-state index in [0.29, 0.717) is 16.5 Å². The van der Waals surface area contributed by atoms with Crippen molar-refractivity contribution >= 4 is 43.5 Å². The van der Waals surface area contributed by atoms with Crippen LogP contribution in [-0.4, -0.2) is 19.3 Å². The van der Waals surface area contributed by atoms with Crippen LogP contribution in [0.3, 0.4) is 0 Å². The molecule has 36 heavy (non-hydrogen) atoms. The van der Waals surface area contributed by atoms with Crippen molar-refractivity contribution in [2.45, 2.75) is 37.5 Å². The lowest BCUT2D eigenvalue weighted by Gasteiger charge is -2.23. The summed E-state index contributed by atoms with van der Waals surface area (Å²) in [7, 11) is -4.32.